The second-order valence-electron chi connectivity index (χ2n) is 3.69. The number of Topliss-reactive ketones (excluding diaryl/α,β-unsaturated/α-hetero) is 1. The highest BCUT2D eigenvalue weighted by Crippen LogP contribution is 2.21. The summed E-state index contributed by atoms with van der Waals surface area (Å²) in [5, 5.41) is 9.80. The van der Waals surface area contributed by atoms with Gasteiger partial charge < -0.3 is 4.74 Å². The third kappa shape index (κ3) is 3.51. The van der Waals surface area contributed by atoms with E-state index in [1.807, 2.05) is 0 Å². The summed E-state index contributed by atoms with van der Waals surface area (Å²) in [4.78, 5) is 33.6. The van der Waals surface area contributed by atoms with Crippen molar-refractivity contribution in [2.45, 2.75) is 19.2 Å². The predicted molar refractivity (Wildman–Crippen MR) is 68.7 cm³/mol. The molecule has 102 valence electrons. The Morgan fingerprint density at radius 2 is 2.05 bits per heavy atom. The average molecular weight is 286 g/mol. The predicted octanol–water partition coefficient (Wildman–Crippen LogP) is 2.58. The number of ether oxygens (including phenoxy) is 1. The van der Waals surface area contributed by atoms with Gasteiger partial charge in [0.05, 0.1) is 22.5 Å². The van der Waals surface area contributed by atoms with Gasteiger partial charge in [0.2, 0.25) is 0 Å². The normalized spacial score (nSPS) is 11.7. The van der Waals surface area contributed by atoms with Crippen molar-refractivity contribution in [2.75, 3.05) is 6.61 Å². The molecule has 0 heterocycles. The van der Waals surface area contributed by atoms with E-state index in [4.69, 9.17) is 16.3 Å². The van der Waals surface area contributed by atoms with Crippen LogP contribution in [0.2, 0.25) is 0 Å². The van der Waals surface area contributed by atoms with Crippen LogP contribution in [0.25, 0.3) is 0 Å². The second-order valence-corrected chi connectivity index (χ2v) is 4.34. The van der Waals surface area contributed by atoms with Gasteiger partial charge in [-0.25, -0.2) is 4.79 Å². The number of nitrogens with zero attached hydrogens (tertiary/aromatic N) is 1. The number of halogens is 1. The molecule has 0 saturated heterocycles. The summed E-state index contributed by atoms with van der Waals surface area (Å²) in [6.45, 7) is 3.19. The zero-order valence-corrected chi connectivity index (χ0v) is 11.1. The van der Waals surface area contributed by atoms with E-state index in [9.17, 15) is 19.7 Å². The highest BCUT2D eigenvalue weighted by molar-refractivity contribution is 6.34. The maximum absolute atomic E-state index is 11.9. The SMILES string of the molecule is CCOC(=O)c1ccc([N+](=O)[O-])cc1C(=O)C(C)Cl. The van der Waals surface area contributed by atoms with Gasteiger partial charge in [0.25, 0.3) is 5.69 Å². The van der Waals surface area contributed by atoms with Crippen molar-refractivity contribution < 1.29 is 19.2 Å². The number of carbonyl (C=O) groups is 2. The number of ketones is 1. The molecule has 0 spiro atoms. The molecule has 1 aromatic rings. The van der Waals surface area contributed by atoms with E-state index >= 15 is 0 Å². The highest BCUT2D eigenvalue weighted by Gasteiger charge is 2.24. The standard InChI is InChI=1S/C12H12ClNO5/c1-3-19-12(16)9-5-4-8(14(17)18)6-10(9)11(15)7(2)13/h4-7H,3H2,1-2H3. The minimum absolute atomic E-state index is 0.0232. The fourth-order valence-corrected chi connectivity index (χ4v) is 1.57. The van der Waals surface area contributed by atoms with Crippen molar-refractivity contribution in [3.8, 4) is 0 Å². The van der Waals surface area contributed by atoms with Crippen LogP contribution < -0.4 is 0 Å². The Kier molecular flexibility index (Phi) is 5.00. The van der Waals surface area contributed by atoms with Gasteiger partial charge in [0, 0.05) is 17.7 Å². The molecule has 0 radical (unpaired) electrons. The first-order valence-corrected chi connectivity index (χ1v) is 5.96. The molecule has 0 N–H and O–H groups in total. The van der Waals surface area contributed by atoms with Crippen molar-refractivity contribution in [3.63, 3.8) is 0 Å². The van der Waals surface area contributed by atoms with E-state index in [-0.39, 0.29) is 23.4 Å². The van der Waals surface area contributed by atoms with Gasteiger partial charge in [-0.3, -0.25) is 14.9 Å². The number of carbonyl (C=O) groups excluding carboxylic acids is 2. The molecule has 0 aliphatic heterocycles. The van der Waals surface area contributed by atoms with Crippen molar-refractivity contribution in [1.82, 2.24) is 0 Å². The quantitative estimate of drug-likeness (QED) is 0.273. The van der Waals surface area contributed by atoms with Gasteiger partial charge >= 0.3 is 5.97 Å². The molecule has 1 aromatic carbocycles. The zero-order chi connectivity index (χ0) is 14.6. The average Bonchev–Trinajstić information content (AvgIpc) is 2.37. The summed E-state index contributed by atoms with van der Waals surface area (Å²) < 4.78 is 4.79. The topological polar surface area (TPSA) is 86.5 Å². The molecular formula is C12H12ClNO5. The van der Waals surface area contributed by atoms with E-state index in [1.165, 1.54) is 13.0 Å². The smallest absolute Gasteiger partial charge is 0.338 e. The van der Waals surface area contributed by atoms with Gasteiger partial charge in [0.1, 0.15) is 0 Å². The van der Waals surface area contributed by atoms with E-state index in [1.54, 1.807) is 6.92 Å². The first kappa shape index (κ1) is 15.1. The van der Waals surface area contributed by atoms with Crippen LogP contribution in [0.4, 0.5) is 5.69 Å². The lowest BCUT2D eigenvalue weighted by Gasteiger charge is -2.09. The number of hydrogen-bond donors (Lipinski definition) is 0. The number of benzene rings is 1. The van der Waals surface area contributed by atoms with Crippen LogP contribution in [0, 0.1) is 10.1 Å². The summed E-state index contributed by atoms with van der Waals surface area (Å²) in [5.41, 5.74) is -0.409. The Morgan fingerprint density at radius 3 is 2.53 bits per heavy atom. The van der Waals surface area contributed by atoms with Gasteiger partial charge in [-0.1, -0.05) is 0 Å². The summed E-state index contributed by atoms with van der Waals surface area (Å²) in [5.74, 6) is -1.27. The van der Waals surface area contributed by atoms with Gasteiger partial charge in [0.15, 0.2) is 5.78 Å². The molecule has 0 amide bonds. The van der Waals surface area contributed by atoms with Gasteiger partial charge in [-0.2, -0.15) is 0 Å². The van der Waals surface area contributed by atoms with Crippen LogP contribution in [-0.2, 0) is 4.74 Å². The first-order valence-electron chi connectivity index (χ1n) is 5.52. The minimum Gasteiger partial charge on any atom is -0.462 e. The lowest BCUT2D eigenvalue weighted by atomic mass is 10.0. The largest absolute Gasteiger partial charge is 0.462 e. The molecule has 0 aliphatic carbocycles. The van der Waals surface area contributed by atoms with Crippen LogP contribution in [-0.4, -0.2) is 28.7 Å². The fourth-order valence-electron chi connectivity index (χ4n) is 1.45. The summed E-state index contributed by atoms with van der Waals surface area (Å²) in [7, 11) is 0. The number of esters is 1. The molecule has 0 aliphatic rings. The van der Waals surface area contributed by atoms with Crippen molar-refractivity contribution in [1.29, 1.82) is 0 Å². The number of nitro benzene ring substituents is 1. The van der Waals surface area contributed by atoms with Crippen molar-refractivity contribution in [2.24, 2.45) is 0 Å². The number of nitro groups is 1. The fraction of sp³-hybridized carbons (Fsp3) is 0.333. The van der Waals surface area contributed by atoms with Gasteiger partial charge in [-0.15, -0.1) is 11.6 Å². The first-order chi connectivity index (χ1) is 8.88. The molecule has 0 aromatic heterocycles. The zero-order valence-electron chi connectivity index (χ0n) is 10.4. The van der Waals surface area contributed by atoms with E-state index < -0.39 is 22.1 Å². The Morgan fingerprint density at radius 1 is 1.42 bits per heavy atom. The van der Waals surface area contributed by atoms with Crippen LogP contribution in [0.15, 0.2) is 18.2 Å². The van der Waals surface area contributed by atoms with Crippen LogP contribution in [0.5, 0.6) is 0 Å². The third-order valence-electron chi connectivity index (χ3n) is 2.34. The minimum atomic E-state index is -0.893. The number of non-ortho nitro benzene ring substituents is 1. The molecule has 6 nitrogen and oxygen atoms in total. The van der Waals surface area contributed by atoms with Crippen molar-refractivity contribution in [3.05, 3.63) is 39.4 Å². The highest BCUT2D eigenvalue weighted by atomic mass is 35.5. The van der Waals surface area contributed by atoms with E-state index in [0.717, 1.165) is 12.1 Å². The molecule has 0 fully saturated rings. The number of rotatable bonds is 5. The third-order valence-corrected chi connectivity index (χ3v) is 2.53. The van der Waals surface area contributed by atoms with Gasteiger partial charge in [-0.05, 0) is 19.9 Å². The lowest BCUT2D eigenvalue weighted by molar-refractivity contribution is -0.384. The molecule has 1 rings (SSSR count). The molecular weight excluding hydrogens is 274 g/mol. The molecule has 1 unspecified atom stereocenters. The monoisotopic (exact) mass is 285 g/mol. The second kappa shape index (κ2) is 6.29. The van der Waals surface area contributed by atoms with Crippen molar-refractivity contribution >= 4 is 29.0 Å². The van der Waals surface area contributed by atoms with Crippen LogP contribution >= 0.6 is 11.6 Å². The number of hydrogen-bond acceptors (Lipinski definition) is 5. The molecule has 0 saturated carbocycles. The van der Waals surface area contributed by atoms with E-state index in [0.29, 0.717) is 0 Å². The summed E-state index contributed by atoms with van der Waals surface area (Å²) in [6, 6.07) is 3.37. The number of alkyl halides is 1. The molecule has 0 bridgehead atoms. The maximum Gasteiger partial charge on any atom is 0.338 e. The summed E-state index contributed by atoms with van der Waals surface area (Å²) >= 11 is 5.68. The Balaban J connectivity index is 3.34. The Labute approximate surface area is 114 Å². The van der Waals surface area contributed by atoms with Crippen LogP contribution in [0.1, 0.15) is 34.6 Å². The Bertz CT molecular complexity index is 527. The van der Waals surface area contributed by atoms with Crippen LogP contribution in [0.3, 0.4) is 0 Å². The molecule has 19 heavy (non-hydrogen) atoms. The molecule has 1 atom stereocenters. The lowest BCUT2D eigenvalue weighted by Crippen LogP contribution is -2.17. The van der Waals surface area contributed by atoms with E-state index in [2.05, 4.69) is 0 Å². The maximum atomic E-state index is 11.9. The summed E-state index contributed by atoms with van der Waals surface area (Å²) in [6.07, 6.45) is 0. The Hall–Kier alpha value is -1.95. The molecule has 7 heteroatoms.